The Morgan fingerprint density at radius 2 is 2.06 bits per heavy atom. The molecule has 2 N–H and O–H groups in total. The van der Waals surface area contributed by atoms with Crippen LogP contribution in [0.15, 0.2) is 0 Å². The standard InChI is InChI=1S/C12H22N2O4/c1-3-10(11(15)16)14(2)12(17)13-8-9-4-6-18-7-5-9/h9-10H,3-8H2,1-2H3,(H,13,17)(H,15,16). The Morgan fingerprint density at radius 1 is 1.44 bits per heavy atom. The molecule has 1 aliphatic heterocycles. The highest BCUT2D eigenvalue weighted by molar-refractivity contribution is 5.82. The van der Waals surface area contributed by atoms with Gasteiger partial charge in [-0.3, -0.25) is 0 Å². The van der Waals surface area contributed by atoms with E-state index < -0.39 is 12.0 Å². The lowest BCUT2D eigenvalue weighted by atomic mass is 10.0. The molecule has 0 aromatic carbocycles. The Balaban J connectivity index is 2.36. The van der Waals surface area contributed by atoms with Gasteiger partial charge in [0.15, 0.2) is 0 Å². The fourth-order valence-electron chi connectivity index (χ4n) is 2.06. The molecule has 1 unspecified atom stereocenters. The van der Waals surface area contributed by atoms with Crippen molar-refractivity contribution in [2.45, 2.75) is 32.2 Å². The molecule has 1 saturated heterocycles. The van der Waals surface area contributed by atoms with Gasteiger partial charge in [0.05, 0.1) is 0 Å². The fourth-order valence-corrected chi connectivity index (χ4v) is 2.06. The van der Waals surface area contributed by atoms with E-state index in [1.165, 1.54) is 11.9 Å². The highest BCUT2D eigenvalue weighted by atomic mass is 16.5. The Hall–Kier alpha value is -1.30. The number of nitrogens with one attached hydrogen (secondary N) is 1. The highest BCUT2D eigenvalue weighted by Crippen LogP contribution is 2.13. The average Bonchev–Trinajstić information content (AvgIpc) is 2.37. The number of carboxylic acids is 1. The molecular formula is C12H22N2O4. The molecule has 0 aromatic heterocycles. The van der Waals surface area contributed by atoms with Gasteiger partial charge < -0.3 is 20.1 Å². The van der Waals surface area contributed by atoms with Crippen LogP contribution in [0.5, 0.6) is 0 Å². The summed E-state index contributed by atoms with van der Waals surface area (Å²) in [5.74, 6) is -0.540. The second-order valence-corrected chi connectivity index (χ2v) is 4.61. The molecule has 0 radical (unpaired) electrons. The molecule has 0 spiro atoms. The average molecular weight is 258 g/mol. The molecule has 0 bridgehead atoms. The monoisotopic (exact) mass is 258 g/mol. The Kier molecular flexibility index (Phi) is 5.91. The number of carboxylic acid groups (broad SMARTS) is 1. The summed E-state index contributed by atoms with van der Waals surface area (Å²) >= 11 is 0. The van der Waals surface area contributed by atoms with E-state index in [1.54, 1.807) is 6.92 Å². The normalized spacial score (nSPS) is 18.1. The van der Waals surface area contributed by atoms with Crippen molar-refractivity contribution in [2.24, 2.45) is 5.92 Å². The number of nitrogens with zero attached hydrogens (tertiary/aromatic N) is 1. The summed E-state index contributed by atoms with van der Waals surface area (Å²) < 4.78 is 5.24. The van der Waals surface area contributed by atoms with Crippen molar-refractivity contribution in [3.8, 4) is 0 Å². The largest absolute Gasteiger partial charge is 0.480 e. The van der Waals surface area contributed by atoms with Gasteiger partial charge in [0.1, 0.15) is 6.04 Å². The quantitative estimate of drug-likeness (QED) is 0.768. The van der Waals surface area contributed by atoms with E-state index in [0.717, 1.165) is 26.1 Å². The first kappa shape index (κ1) is 14.8. The smallest absolute Gasteiger partial charge is 0.326 e. The van der Waals surface area contributed by atoms with E-state index in [9.17, 15) is 9.59 Å². The van der Waals surface area contributed by atoms with Gasteiger partial charge in [-0.2, -0.15) is 0 Å². The van der Waals surface area contributed by atoms with Gasteiger partial charge in [-0.1, -0.05) is 6.92 Å². The molecule has 2 amide bonds. The molecule has 1 rings (SSSR count). The molecule has 1 fully saturated rings. The summed E-state index contributed by atoms with van der Waals surface area (Å²) in [6.07, 6.45) is 2.29. The summed E-state index contributed by atoms with van der Waals surface area (Å²) in [6.45, 7) is 3.82. The van der Waals surface area contributed by atoms with Crippen molar-refractivity contribution in [3.63, 3.8) is 0 Å². The van der Waals surface area contributed by atoms with E-state index in [2.05, 4.69) is 5.32 Å². The zero-order valence-corrected chi connectivity index (χ0v) is 11.0. The minimum Gasteiger partial charge on any atom is -0.480 e. The third-order valence-electron chi connectivity index (χ3n) is 3.34. The Bertz CT molecular complexity index is 290. The number of amides is 2. The SMILES string of the molecule is CCC(C(=O)O)N(C)C(=O)NCC1CCOCC1. The number of hydrogen-bond donors (Lipinski definition) is 2. The Labute approximate surface area is 107 Å². The minimum absolute atomic E-state index is 0.323. The van der Waals surface area contributed by atoms with Crippen molar-refractivity contribution in [1.29, 1.82) is 0 Å². The zero-order valence-electron chi connectivity index (χ0n) is 11.0. The molecule has 104 valence electrons. The lowest BCUT2D eigenvalue weighted by Gasteiger charge is -2.26. The van der Waals surface area contributed by atoms with Crippen molar-refractivity contribution < 1.29 is 19.4 Å². The Morgan fingerprint density at radius 3 is 2.56 bits per heavy atom. The van der Waals surface area contributed by atoms with Crippen LogP contribution >= 0.6 is 0 Å². The lowest BCUT2D eigenvalue weighted by Crippen LogP contribution is -2.48. The predicted octanol–water partition coefficient (Wildman–Crippen LogP) is 0.918. The molecule has 6 heteroatoms. The van der Waals surface area contributed by atoms with E-state index in [4.69, 9.17) is 9.84 Å². The first-order chi connectivity index (χ1) is 8.56. The zero-order chi connectivity index (χ0) is 13.5. The maximum Gasteiger partial charge on any atom is 0.326 e. The van der Waals surface area contributed by atoms with Crippen LogP contribution in [0.4, 0.5) is 4.79 Å². The molecule has 0 aliphatic carbocycles. The van der Waals surface area contributed by atoms with Gasteiger partial charge >= 0.3 is 12.0 Å². The van der Waals surface area contributed by atoms with Crippen LogP contribution in [0.1, 0.15) is 26.2 Å². The van der Waals surface area contributed by atoms with Gasteiger partial charge in [0.25, 0.3) is 0 Å². The van der Waals surface area contributed by atoms with Crippen molar-refractivity contribution in [3.05, 3.63) is 0 Å². The maximum absolute atomic E-state index is 11.8. The molecule has 6 nitrogen and oxygen atoms in total. The van der Waals surface area contributed by atoms with E-state index >= 15 is 0 Å². The van der Waals surface area contributed by atoms with Crippen LogP contribution in [0.2, 0.25) is 0 Å². The minimum atomic E-state index is -0.971. The molecule has 18 heavy (non-hydrogen) atoms. The number of rotatable bonds is 5. The second kappa shape index (κ2) is 7.20. The summed E-state index contributed by atoms with van der Waals surface area (Å²) in [4.78, 5) is 24.0. The van der Waals surface area contributed by atoms with Crippen LogP contribution in [-0.4, -0.2) is 54.9 Å². The third kappa shape index (κ3) is 4.18. The van der Waals surface area contributed by atoms with Crippen LogP contribution < -0.4 is 5.32 Å². The number of carbonyl (C=O) groups excluding carboxylic acids is 1. The second-order valence-electron chi connectivity index (χ2n) is 4.61. The van der Waals surface area contributed by atoms with Crippen molar-refractivity contribution >= 4 is 12.0 Å². The summed E-state index contributed by atoms with van der Waals surface area (Å²) in [5, 5.41) is 11.8. The molecule has 1 heterocycles. The predicted molar refractivity (Wildman–Crippen MR) is 66.4 cm³/mol. The lowest BCUT2D eigenvalue weighted by molar-refractivity contribution is -0.141. The summed E-state index contributed by atoms with van der Waals surface area (Å²) in [5.41, 5.74) is 0. The molecular weight excluding hydrogens is 236 g/mol. The summed E-state index contributed by atoms with van der Waals surface area (Å²) in [6, 6.07) is -1.09. The van der Waals surface area contributed by atoms with Crippen molar-refractivity contribution in [2.75, 3.05) is 26.8 Å². The molecule has 1 aliphatic rings. The number of urea groups is 1. The van der Waals surface area contributed by atoms with Crippen molar-refractivity contribution in [1.82, 2.24) is 10.2 Å². The summed E-state index contributed by atoms with van der Waals surface area (Å²) in [7, 11) is 1.52. The van der Waals surface area contributed by atoms with Crippen LogP contribution in [-0.2, 0) is 9.53 Å². The van der Waals surface area contributed by atoms with E-state index in [-0.39, 0.29) is 6.03 Å². The first-order valence-electron chi connectivity index (χ1n) is 6.37. The van der Waals surface area contributed by atoms with Gasteiger partial charge in [-0.15, -0.1) is 0 Å². The van der Waals surface area contributed by atoms with Gasteiger partial charge in [0.2, 0.25) is 0 Å². The van der Waals surface area contributed by atoms with Crippen LogP contribution in [0.25, 0.3) is 0 Å². The number of aliphatic carboxylic acids is 1. The number of hydrogen-bond acceptors (Lipinski definition) is 3. The number of carbonyl (C=O) groups is 2. The number of ether oxygens (including phenoxy) is 1. The highest BCUT2D eigenvalue weighted by Gasteiger charge is 2.25. The van der Waals surface area contributed by atoms with E-state index in [0.29, 0.717) is 18.9 Å². The number of likely N-dealkylation sites (N-methyl/N-ethyl adjacent to an activating group) is 1. The molecule has 1 atom stereocenters. The fraction of sp³-hybridized carbons (Fsp3) is 0.833. The molecule has 0 aromatic rings. The first-order valence-corrected chi connectivity index (χ1v) is 6.37. The van der Waals surface area contributed by atoms with Crippen LogP contribution in [0, 0.1) is 5.92 Å². The van der Waals surface area contributed by atoms with E-state index in [1.807, 2.05) is 0 Å². The topological polar surface area (TPSA) is 78.9 Å². The third-order valence-corrected chi connectivity index (χ3v) is 3.34. The maximum atomic E-state index is 11.8. The molecule has 0 saturated carbocycles. The van der Waals surface area contributed by atoms with Crippen LogP contribution in [0.3, 0.4) is 0 Å². The van der Waals surface area contributed by atoms with Gasteiger partial charge in [-0.25, -0.2) is 9.59 Å². The van der Waals surface area contributed by atoms with Gasteiger partial charge in [0, 0.05) is 26.8 Å². The van der Waals surface area contributed by atoms with Gasteiger partial charge in [-0.05, 0) is 25.2 Å².